The lowest BCUT2D eigenvalue weighted by Gasteiger charge is -2.16. The summed E-state index contributed by atoms with van der Waals surface area (Å²) in [6.45, 7) is 1.95. The van der Waals surface area contributed by atoms with Crippen molar-refractivity contribution in [2.45, 2.75) is 45.1 Å². The Morgan fingerprint density at radius 3 is 2.57 bits per heavy atom. The molecule has 1 heterocycles. The molecule has 3 rings (SSSR count). The maximum atomic E-state index is 12.2. The lowest BCUT2D eigenvalue weighted by molar-refractivity contribution is -0.153. The molecule has 1 aliphatic carbocycles. The van der Waals surface area contributed by atoms with Crippen LogP contribution in [-0.2, 0) is 16.0 Å². The van der Waals surface area contributed by atoms with Crippen LogP contribution in [0.15, 0.2) is 48.8 Å². The summed E-state index contributed by atoms with van der Waals surface area (Å²) in [7, 11) is 0. The minimum absolute atomic E-state index is 0.0618. The van der Waals surface area contributed by atoms with E-state index in [0.29, 0.717) is 0 Å². The van der Waals surface area contributed by atoms with E-state index in [1.54, 1.807) is 6.20 Å². The van der Waals surface area contributed by atoms with Crippen LogP contribution < -0.4 is 0 Å². The summed E-state index contributed by atoms with van der Waals surface area (Å²) in [6.07, 6.45) is 8.92. The van der Waals surface area contributed by atoms with E-state index in [1.807, 2.05) is 25.3 Å². The van der Waals surface area contributed by atoms with Crippen molar-refractivity contribution in [1.82, 2.24) is 4.98 Å². The summed E-state index contributed by atoms with van der Waals surface area (Å²) in [6, 6.07) is 12.3. The first kappa shape index (κ1) is 15.7. The maximum absolute atomic E-state index is 12.2. The lowest BCUT2D eigenvalue weighted by atomic mass is 9.98. The molecule has 1 atom stereocenters. The molecule has 1 aromatic heterocycles. The molecular weight excluding hydrogens is 286 g/mol. The summed E-state index contributed by atoms with van der Waals surface area (Å²) < 4.78 is 5.59. The first-order valence-electron chi connectivity index (χ1n) is 8.42. The van der Waals surface area contributed by atoms with E-state index in [9.17, 15) is 4.79 Å². The Bertz CT molecular complexity index is 630. The summed E-state index contributed by atoms with van der Waals surface area (Å²) in [4.78, 5) is 16.3. The molecule has 0 aliphatic heterocycles. The molecule has 1 saturated carbocycles. The number of esters is 1. The summed E-state index contributed by atoms with van der Waals surface area (Å²) >= 11 is 0. The van der Waals surface area contributed by atoms with Crippen molar-refractivity contribution in [2.24, 2.45) is 5.92 Å². The molecule has 1 aromatic carbocycles. The molecule has 120 valence electrons. The van der Waals surface area contributed by atoms with Gasteiger partial charge in [0.1, 0.15) is 6.10 Å². The second kappa shape index (κ2) is 7.40. The average molecular weight is 309 g/mol. The van der Waals surface area contributed by atoms with Crippen LogP contribution in [0.3, 0.4) is 0 Å². The molecule has 3 nitrogen and oxygen atoms in total. The van der Waals surface area contributed by atoms with Crippen molar-refractivity contribution < 1.29 is 9.53 Å². The van der Waals surface area contributed by atoms with Gasteiger partial charge >= 0.3 is 5.97 Å². The van der Waals surface area contributed by atoms with Crippen LogP contribution in [-0.4, -0.2) is 17.1 Å². The molecule has 0 spiro atoms. The number of aromatic nitrogens is 1. The van der Waals surface area contributed by atoms with Gasteiger partial charge in [-0.2, -0.15) is 0 Å². The fourth-order valence-electron chi connectivity index (χ4n) is 3.09. The number of carbonyl (C=O) groups is 1. The van der Waals surface area contributed by atoms with Gasteiger partial charge in [0.15, 0.2) is 0 Å². The van der Waals surface area contributed by atoms with E-state index >= 15 is 0 Å². The molecular formula is C20H23NO2. The zero-order chi connectivity index (χ0) is 16.1. The highest BCUT2D eigenvalue weighted by molar-refractivity contribution is 5.72. The minimum Gasteiger partial charge on any atom is -0.462 e. The number of ether oxygens (including phenoxy) is 1. The fourth-order valence-corrected chi connectivity index (χ4v) is 3.09. The zero-order valence-corrected chi connectivity index (χ0v) is 13.6. The van der Waals surface area contributed by atoms with Crippen LogP contribution in [0.5, 0.6) is 0 Å². The van der Waals surface area contributed by atoms with Gasteiger partial charge in [-0.25, -0.2) is 0 Å². The normalized spacial score (nSPS) is 16.2. The topological polar surface area (TPSA) is 39.2 Å². The third-order valence-electron chi connectivity index (χ3n) is 4.48. The predicted octanol–water partition coefficient (Wildman–Crippen LogP) is 4.41. The van der Waals surface area contributed by atoms with Gasteiger partial charge in [0.05, 0.1) is 5.92 Å². The highest BCUT2D eigenvalue weighted by Crippen LogP contribution is 2.23. The molecule has 23 heavy (non-hydrogen) atoms. The van der Waals surface area contributed by atoms with Gasteiger partial charge in [0.2, 0.25) is 0 Å². The standard InChI is InChI=1S/C20H23NO2/c1-15(20(22)23-19-6-2-3-7-19)13-16-8-10-17(11-9-16)18-5-4-12-21-14-18/h4-5,8-12,14-15,19H,2-3,6-7,13H2,1H3. The highest BCUT2D eigenvalue weighted by atomic mass is 16.5. The van der Waals surface area contributed by atoms with Gasteiger partial charge in [-0.05, 0) is 54.9 Å². The Morgan fingerprint density at radius 1 is 1.17 bits per heavy atom. The SMILES string of the molecule is CC(Cc1ccc(-c2cccnc2)cc1)C(=O)OC1CCCC1. The summed E-state index contributed by atoms with van der Waals surface area (Å²) in [5.41, 5.74) is 3.41. The van der Waals surface area contributed by atoms with Crippen LogP contribution >= 0.6 is 0 Å². The number of hydrogen-bond acceptors (Lipinski definition) is 3. The fraction of sp³-hybridized carbons (Fsp3) is 0.400. The molecule has 0 radical (unpaired) electrons. The van der Waals surface area contributed by atoms with E-state index in [4.69, 9.17) is 4.74 Å². The lowest BCUT2D eigenvalue weighted by Crippen LogP contribution is -2.22. The molecule has 1 fully saturated rings. The largest absolute Gasteiger partial charge is 0.462 e. The monoisotopic (exact) mass is 309 g/mol. The molecule has 0 amide bonds. The number of hydrogen-bond donors (Lipinski definition) is 0. The predicted molar refractivity (Wildman–Crippen MR) is 90.9 cm³/mol. The van der Waals surface area contributed by atoms with Crippen LogP contribution in [0.25, 0.3) is 11.1 Å². The molecule has 3 heteroatoms. The minimum atomic E-state index is -0.0974. The highest BCUT2D eigenvalue weighted by Gasteiger charge is 2.22. The van der Waals surface area contributed by atoms with Crippen LogP contribution in [0.2, 0.25) is 0 Å². The summed E-state index contributed by atoms with van der Waals surface area (Å²) in [5.74, 6) is -0.159. The van der Waals surface area contributed by atoms with Crippen molar-refractivity contribution in [3.8, 4) is 11.1 Å². The number of benzene rings is 1. The van der Waals surface area contributed by atoms with E-state index in [1.165, 1.54) is 12.8 Å². The van der Waals surface area contributed by atoms with Crippen LogP contribution in [0, 0.1) is 5.92 Å². The molecule has 2 aromatic rings. The van der Waals surface area contributed by atoms with Gasteiger partial charge < -0.3 is 4.74 Å². The van der Waals surface area contributed by atoms with Gasteiger partial charge in [-0.15, -0.1) is 0 Å². The van der Waals surface area contributed by atoms with Gasteiger partial charge in [-0.3, -0.25) is 9.78 Å². The van der Waals surface area contributed by atoms with Gasteiger partial charge in [0, 0.05) is 12.4 Å². The van der Waals surface area contributed by atoms with E-state index < -0.39 is 0 Å². The Morgan fingerprint density at radius 2 is 1.91 bits per heavy atom. The van der Waals surface area contributed by atoms with E-state index in [2.05, 4.69) is 29.2 Å². The molecule has 0 saturated heterocycles. The number of nitrogens with zero attached hydrogens (tertiary/aromatic N) is 1. The maximum Gasteiger partial charge on any atom is 0.309 e. The van der Waals surface area contributed by atoms with Crippen molar-refractivity contribution in [2.75, 3.05) is 0 Å². The van der Waals surface area contributed by atoms with Crippen LogP contribution in [0.4, 0.5) is 0 Å². The number of rotatable bonds is 5. The smallest absolute Gasteiger partial charge is 0.309 e. The van der Waals surface area contributed by atoms with E-state index in [0.717, 1.165) is 36.0 Å². The molecule has 0 N–H and O–H groups in total. The van der Waals surface area contributed by atoms with Gasteiger partial charge in [0.25, 0.3) is 0 Å². The Kier molecular flexibility index (Phi) is 5.06. The van der Waals surface area contributed by atoms with Gasteiger partial charge in [-0.1, -0.05) is 37.3 Å². The quantitative estimate of drug-likeness (QED) is 0.768. The molecule has 1 aliphatic rings. The Hall–Kier alpha value is -2.16. The Balaban J connectivity index is 1.58. The van der Waals surface area contributed by atoms with Crippen molar-refractivity contribution >= 4 is 5.97 Å². The third-order valence-corrected chi connectivity index (χ3v) is 4.48. The van der Waals surface area contributed by atoms with Crippen LogP contribution in [0.1, 0.15) is 38.2 Å². The third kappa shape index (κ3) is 4.19. The number of carbonyl (C=O) groups excluding carboxylic acids is 1. The van der Waals surface area contributed by atoms with Crippen molar-refractivity contribution in [3.05, 3.63) is 54.4 Å². The Labute approximate surface area is 137 Å². The number of pyridine rings is 1. The first-order valence-corrected chi connectivity index (χ1v) is 8.42. The first-order chi connectivity index (χ1) is 11.2. The van der Waals surface area contributed by atoms with Crippen molar-refractivity contribution in [1.29, 1.82) is 0 Å². The molecule has 0 bridgehead atoms. The second-order valence-corrected chi connectivity index (χ2v) is 6.39. The van der Waals surface area contributed by atoms with E-state index in [-0.39, 0.29) is 18.0 Å². The van der Waals surface area contributed by atoms with Crippen molar-refractivity contribution in [3.63, 3.8) is 0 Å². The second-order valence-electron chi connectivity index (χ2n) is 6.39. The average Bonchev–Trinajstić information content (AvgIpc) is 3.09. The molecule has 1 unspecified atom stereocenters. The summed E-state index contributed by atoms with van der Waals surface area (Å²) in [5, 5.41) is 0. The zero-order valence-electron chi connectivity index (χ0n) is 13.6.